The first kappa shape index (κ1) is 27.2. The Morgan fingerprint density at radius 1 is 0.730 bits per heavy atom. The van der Waals surface area contributed by atoms with Gasteiger partial charge in [0.05, 0.1) is 12.5 Å². The van der Waals surface area contributed by atoms with E-state index in [9.17, 15) is 14.4 Å². The van der Waals surface area contributed by atoms with E-state index in [1.54, 1.807) is 13.8 Å². The van der Waals surface area contributed by atoms with Gasteiger partial charge in [0.25, 0.3) is 0 Å². The van der Waals surface area contributed by atoms with Crippen LogP contribution in [0.5, 0.6) is 0 Å². The van der Waals surface area contributed by atoms with Gasteiger partial charge in [0.1, 0.15) is 11.9 Å². The largest absolute Gasteiger partial charge is 0.469 e. The molecule has 0 N–H and O–H groups in total. The summed E-state index contributed by atoms with van der Waals surface area (Å²) in [7, 11) is 1.53. The molecule has 5 rings (SSSR count). The van der Waals surface area contributed by atoms with Gasteiger partial charge in [-0.25, -0.2) is 0 Å². The van der Waals surface area contributed by atoms with Gasteiger partial charge < -0.3 is 9.47 Å². The van der Waals surface area contributed by atoms with Crippen molar-refractivity contribution < 1.29 is 23.9 Å². The maximum atomic E-state index is 13.3. The van der Waals surface area contributed by atoms with E-state index in [4.69, 9.17) is 9.47 Å². The summed E-state index contributed by atoms with van der Waals surface area (Å²) >= 11 is 0. The fourth-order valence-corrected chi connectivity index (χ4v) is 12.0. The van der Waals surface area contributed by atoms with Crippen LogP contribution in [0.1, 0.15) is 113 Å². The van der Waals surface area contributed by atoms with Crippen molar-refractivity contribution in [2.75, 3.05) is 7.11 Å². The van der Waals surface area contributed by atoms with Gasteiger partial charge in [-0.15, -0.1) is 0 Å². The molecule has 0 radical (unpaired) electrons. The predicted octanol–water partition coefficient (Wildman–Crippen LogP) is 6.76. The molecule has 0 saturated heterocycles. The van der Waals surface area contributed by atoms with Crippen LogP contribution in [0.25, 0.3) is 0 Å². The Balaban J connectivity index is 1.52. The standard InChI is InChI=1S/C32H50O5/c1-19(33)21-11-16-32(27(35)36-8)18-17-30(6)22(26(21)32)9-10-24-29(5)14-13-25(37-20(2)34)28(3,4)23(29)12-15-31(24,30)7/h21-26H,9-18H2,1-8H3/t21-,22?,23?,24?,25-,26?,29-,30+,31+,32-/m0/s1. The molecule has 0 spiro atoms. The first-order valence-electron chi connectivity index (χ1n) is 14.9. The van der Waals surface area contributed by atoms with Gasteiger partial charge in [-0.1, -0.05) is 34.6 Å². The summed E-state index contributed by atoms with van der Waals surface area (Å²) in [4.78, 5) is 38.2. The molecule has 5 saturated carbocycles. The molecule has 5 heteroatoms. The summed E-state index contributed by atoms with van der Waals surface area (Å²) in [5, 5.41) is 0. The number of methoxy groups -OCH3 is 1. The Kier molecular flexibility index (Phi) is 6.28. The zero-order valence-corrected chi connectivity index (χ0v) is 24.6. The first-order chi connectivity index (χ1) is 17.2. The van der Waals surface area contributed by atoms with Crippen molar-refractivity contribution >= 4 is 17.7 Å². The molecule has 10 atom stereocenters. The highest BCUT2D eigenvalue weighted by Crippen LogP contribution is 2.77. The van der Waals surface area contributed by atoms with Crippen molar-refractivity contribution in [2.45, 2.75) is 119 Å². The predicted molar refractivity (Wildman–Crippen MR) is 142 cm³/mol. The fourth-order valence-electron chi connectivity index (χ4n) is 12.0. The number of Topliss-reactive ketones (excluding diaryl/α,β-unsaturated/α-hetero) is 1. The number of esters is 2. The number of fused-ring (bicyclic) bond motifs is 7. The summed E-state index contributed by atoms with van der Waals surface area (Å²) in [5.41, 5.74) is -0.0639. The van der Waals surface area contributed by atoms with Crippen LogP contribution < -0.4 is 0 Å². The van der Waals surface area contributed by atoms with Gasteiger partial charge in [0, 0.05) is 18.3 Å². The number of hydrogen-bond acceptors (Lipinski definition) is 5. The smallest absolute Gasteiger partial charge is 0.312 e. The van der Waals surface area contributed by atoms with Gasteiger partial charge in [-0.2, -0.15) is 0 Å². The molecule has 0 aliphatic heterocycles. The van der Waals surface area contributed by atoms with Crippen molar-refractivity contribution in [3.05, 3.63) is 0 Å². The molecule has 5 fully saturated rings. The molecule has 5 nitrogen and oxygen atoms in total. The summed E-state index contributed by atoms with van der Waals surface area (Å²) in [5.74, 6) is 1.60. The Morgan fingerprint density at radius 3 is 2.05 bits per heavy atom. The molecule has 0 amide bonds. The minimum Gasteiger partial charge on any atom is -0.469 e. The number of carbonyl (C=O) groups is 3. The van der Waals surface area contributed by atoms with Crippen LogP contribution >= 0.6 is 0 Å². The monoisotopic (exact) mass is 514 g/mol. The van der Waals surface area contributed by atoms with E-state index in [1.807, 2.05) is 0 Å². The van der Waals surface area contributed by atoms with Crippen LogP contribution in [0.4, 0.5) is 0 Å². The van der Waals surface area contributed by atoms with Gasteiger partial charge in [0.2, 0.25) is 0 Å². The third-order valence-electron chi connectivity index (χ3n) is 13.8. The first-order valence-corrected chi connectivity index (χ1v) is 14.9. The third kappa shape index (κ3) is 3.43. The Labute approximate surface area is 224 Å². The molecular weight excluding hydrogens is 464 g/mol. The zero-order chi connectivity index (χ0) is 27.2. The van der Waals surface area contributed by atoms with Crippen molar-refractivity contribution in [1.82, 2.24) is 0 Å². The lowest BCUT2D eigenvalue weighted by atomic mass is 9.32. The van der Waals surface area contributed by atoms with E-state index in [-0.39, 0.29) is 57.3 Å². The Bertz CT molecular complexity index is 986. The molecule has 0 aromatic rings. The maximum Gasteiger partial charge on any atom is 0.312 e. The van der Waals surface area contributed by atoms with Gasteiger partial charge in [-0.3, -0.25) is 14.4 Å². The molecule has 5 aliphatic carbocycles. The number of ether oxygens (including phenoxy) is 2. The summed E-state index contributed by atoms with van der Waals surface area (Å²) in [6, 6.07) is 0. The lowest BCUT2D eigenvalue weighted by Gasteiger charge is -2.72. The second kappa shape index (κ2) is 8.55. The minimum absolute atomic E-state index is 0.00970. The SMILES string of the molecule is COC(=O)[C@]12CC[C@@H](C(C)=O)C1C1CCC3[C@@]4(C)CC[C@H](OC(C)=O)C(C)(C)C4CC[C@@]3(C)[C@]1(C)CC2. The summed E-state index contributed by atoms with van der Waals surface area (Å²) < 4.78 is 11.3. The quantitative estimate of drug-likeness (QED) is 0.389. The highest BCUT2D eigenvalue weighted by atomic mass is 16.5. The van der Waals surface area contributed by atoms with Gasteiger partial charge in [-0.05, 0) is 111 Å². The van der Waals surface area contributed by atoms with Crippen molar-refractivity contribution in [3.8, 4) is 0 Å². The Hall–Kier alpha value is -1.39. The number of ketones is 1. The average molecular weight is 515 g/mol. The van der Waals surface area contributed by atoms with Crippen LogP contribution in [0.15, 0.2) is 0 Å². The van der Waals surface area contributed by atoms with Crippen LogP contribution in [0.2, 0.25) is 0 Å². The number of hydrogen-bond donors (Lipinski definition) is 0. The number of carbonyl (C=O) groups excluding carboxylic acids is 3. The van der Waals surface area contributed by atoms with E-state index in [1.165, 1.54) is 13.5 Å². The molecule has 4 unspecified atom stereocenters. The van der Waals surface area contributed by atoms with E-state index >= 15 is 0 Å². The van der Waals surface area contributed by atoms with Crippen LogP contribution in [-0.4, -0.2) is 30.9 Å². The van der Waals surface area contributed by atoms with Crippen LogP contribution in [0.3, 0.4) is 0 Å². The lowest BCUT2D eigenvalue weighted by molar-refractivity contribution is -0.250. The zero-order valence-electron chi connectivity index (χ0n) is 24.6. The molecule has 0 bridgehead atoms. The van der Waals surface area contributed by atoms with Crippen LogP contribution in [-0.2, 0) is 23.9 Å². The maximum absolute atomic E-state index is 13.3. The summed E-state index contributed by atoms with van der Waals surface area (Å²) in [6.07, 6.45) is 10.1. The molecule has 0 aromatic carbocycles. The van der Waals surface area contributed by atoms with E-state index < -0.39 is 5.41 Å². The number of rotatable bonds is 3. The minimum atomic E-state index is -0.482. The molecule has 0 heterocycles. The van der Waals surface area contributed by atoms with Gasteiger partial charge >= 0.3 is 11.9 Å². The molecule has 37 heavy (non-hydrogen) atoms. The Morgan fingerprint density at radius 2 is 1.43 bits per heavy atom. The van der Waals surface area contributed by atoms with Crippen molar-refractivity contribution in [1.29, 1.82) is 0 Å². The average Bonchev–Trinajstić information content (AvgIpc) is 3.22. The highest BCUT2D eigenvalue weighted by molar-refractivity contribution is 5.84. The second-order valence-corrected chi connectivity index (χ2v) is 15.1. The summed E-state index contributed by atoms with van der Waals surface area (Å²) in [6.45, 7) is 15.6. The van der Waals surface area contributed by atoms with Crippen LogP contribution in [0, 0.1) is 56.7 Å². The lowest BCUT2D eigenvalue weighted by Crippen LogP contribution is -2.67. The van der Waals surface area contributed by atoms with Crippen molar-refractivity contribution in [2.24, 2.45) is 56.7 Å². The van der Waals surface area contributed by atoms with E-state index in [0.717, 1.165) is 57.8 Å². The molecular formula is C32H50O5. The van der Waals surface area contributed by atoms with Crippen molar-refractivity contribution in [3.63, 3.8) is 0 Å². The molecule has 208 valence electrons. The van der Waals surface area contributed by atoms with E-state index in [0.29, 0.717) is 17.8 Å². The second-order valence-electron chi connectivity index (χ2n) is 15.1. The van der Waals surface area contributed by atoms with Gasteiger partial charge in [0.15, 0.2) is 0 Å². The normalized spacial score (nSPS) is 50.1. The fraction of sp³-hybridized carbons (Fsp3) is 0.906. The highest BCUT2D eigenvalue weighted by Gasteiger charge is 2.72. The topological polar surface area (TPSA) is 69.7 Å². The molecule has 5 aliphatic rings. The third-order valence-corrected chi connectivity index (χ3v) is 13.8. The molecule has 0 aromatic heterocycles. The van der Waals surface area contributed by atoms with E-state index in [2.05, 4.69) is 34.6 Å².